The average molecular weight is 345 g/mol. The molecule has 1 amide bonds. The Kier molecular flexibility index (Phi) is 5.22. The number of aromatic nitrogens is 3. The van der Waals surface area contributed by atoms with Gasteiger partial charge in [-0.1, -0.05) is 0 Å². The quantitative estimate of drug-likeness (QED) is 0.890. The fourth-order valence-corrected chi connectivity index (χ4v) is 3.25. The summed E-state index contributed by atoms with van der Waals surface area (Å²) in [5, 5.41) is 6.60. The van der Waals surface area contributed by atoms with Crippen molar-refractivity contribution in [2.24, 2.45) is 0 Å². The van der Waals surface area contributed by atoms with Crippen molar-refractivity contribution in [3.05, 3.63) is 30.5 Å². The number of nitrogens with one attached hydrogen (secondary N) is 2. The van der Waals surface area contributed by atoms with E-state index in [1.54, 1.807) is 12.4 Å². The molecular formula is C18H27N5O2. The van der Waals surface area contributed by atoms with Gasteiger partial charge >= 0.3 is 6.09 Å². The Balaban J connectivity index is 1.51. The molecule has 0 unspecified atom stereocenters. The number of alkyl carbamates (subject to hydrolysis) is 1. The van der Waals surface area contributed by atoms with Crippen LogP contribution in [-0.2, 0) is 11.3 Å². The van der Waals surface area contributed by atoms with E-state index in [4.69, 9.17) is 4.74 Å². The van der Waals surface area contributed by atoms with Crippen molar-refractivity contribution in [3.8, 4) is 0 Å². The molecule has 0 bridgehead atoms. The molecule has 136 valence electrons. The summed E-state index contributed by atoms with van der Waals surface area (Å²) in [5.41, 5.74) is 1.50. The van der Waals surface area contributed by atoms with Gasteiger partial charge in [-0.3, -0.25) is 9.38 Å². The number of hydrogen-bond acceptors (Lipinski definition) is 5. The third-order valence-electron chi connectivity index (χ3n) is 4.36. The van der Waals surface area contributed by atoms with Gasteiger partial charge in [0.2, 0.25) is 0 Å². The highest BCUT2D eigenvalue weighted by atomic mass is 16.6. The lowest BCUT2D eigenvalue weighted by Gasteiger charge is -2.31. The molecule has 1 aliphatic carbocycles. The van der Waals surface area contributed by atoms with Gasteiger partial charge in [0.15, 0.2) is 5.65 Å². The minimum absolute atomic E-state index is 0.160. The number of fused-ring (bicyclic) bond motifs is 1. The van der Waals surface area contributed by atoms with Crippen molar-refractivity contribution >= 4 is 11.7 Å². The fraction of sp³-hybridized carbons (Fsp3) is 0.611. The van der Waals surface area contributed by atoms with E-state index in [9.17, 15) is 4.79 Å². The van der Waals surface area contributed by atoms with E-state index in [1.807, 2.05) is 37.6 Å². The summed E-state index contributed by atoms with van der Waals surface area (Å²) in [4.78, 5) is 20.4. The Morgan fingerprint density at radius 3 is 2.92 bits per heavy atom. The summed E-state index contributed by atoms with van der Waals surface area (Å²) in [6, 6.07) is 0.536. The van der Waals surface area contributed by atoms with Gasteiger partial charge in [0.1, 0.15) is 5.60 Å². The molecule has 0 radical (unpaired) electrons. The van der Waals surface area contributed by atoms with Gasteiger partial charge in [0.25, 0.3) is 0 Å². The lowest BCUT2D eigenvalue weighted by Crippen LogP contribution is -2.45. The van der Waals surface area contributed by atoms with E-state index in [-0.39, 0.29) is 12.1 Å². The molecule has 1 saturated carbocycles. The Morgan fingerprint density at radius 2 is 2.12 bits per heavy atom. The number of rotatable bonds is 4. The molecule has 2 N–H and O–H groups in total. The van der Waals surface area contributed by atoms with Crippen LogP contribution in [0.15, 0.2) is 24.8 Å². The second-order valence-corrected chi connectivity index (χ2v) is 7.64. The first-order valence-corrected chi connectivity index (χ1v) is 8.89. The van der Waals surface area contributed by atoms with Gasteiger partial charge in [0, 0.05) is 31.0 Å². The van der Waals surface area contributed by atoms with Crippen molar-refractivity contribution < 1.29 is 9.53 Å². The van der Waals surface area contributed by atoms with E-state index in [0.29, 0.717) is 6.04 Å². The molecular weight excluding hydrogens is 318 g/mol. The summed E-state index contributed by atoms with van der Waals surface area (Å²) in [6.45, 7) is 6.38. The topological polar surface area (TPSA) is 80.5 Å². The monoisotopic (exact) mass is 345 g/mol. The Labute approximate surface area is 148 Å². The molecule has 0 aliphatic heterocycles. The standard InChI is InChI=1S/C18H27N5O2/c1-18(2,3)25-17(24)22-14-6-4-5-13(9-14)20-10-15-11-21-16-12-19-7-8-23(15)16/h7-8,11-14,20H,4-6,9-10H2,1-3H3,(H,22,24)/t13-,14-/m0/s1. The molecule has 7 heteroatoms. The van der Waals surface area contributed by atoms with E-state index in [2.05, 4.69) is 20.6 Å². The third-order valence-corrected chi connectivity index (χ3v) is 4.36. The van der Waals surface area contributed by atoms with Crippen molar-refractivity contribution in [1.82, 2.24) is 25.0 Å². The number of amides is 1. The number of nitrogens with zero attached hydrogens (tertiary/aromatic N) is 3. The van der Waals surface area contributed by atoms with Gasteiger partial charge in [0.05, 0.1) is 18.1 Å². The average Bonchev–Trinajstić information content (AvgIpc) is 2.94. The molecule has 1 aliphatic rings. The van der Waals surface area contributed by atoms with Crippen LogP contribution in [0.2, 0.25) is 0 Å². The molecule has 2 aromatic rings. The van der Waals surface area contributed by atoms with Gasteiger partial charge in [-0.25, -0.2) is 9.78 Å². The molecule has 25 heavy (non-hydrogen) atoms. The molecule has 2 heterocycles. The summed E-state index contributed by atoms with van der Waals surface area (Å²) >= 11 is 0. The van der Waals surface area contributed by atoms with Crippen molar-refractivity contribution in [1.29, 1.82) is 0 Å². The van der Waals surface area contributed by atoms with Crippen LogP contribution in [0.3, 0.4) is 0 Å². The van der Waals surface area contributed by atoms with Crippen molar-refractivity contribution in [3.63, 3.8) is 0 Å². The second-order valence-electron chi connectivity index (χ2n) is 7.64. The molecule has 2 atom stereocenters. The van der Waals surface area contributed by atoms with Gasteiger partial charge in [-0.2, -0.15) is 0 Å². The minimum Gasteiger partial charge on any atom is -0.444 e. The summed E-state index contributed by atoms with van der Waals surface area (Å²) in [5.74, 6) is 0. The molecule has 3 rings (SSSR count). The zero-order valence-electron chi connectivity index (χ0n) is 15.2. The largest absolute Gasteiger partial charge is 0.444 e. The van der Waals surface area contributed by atoms with Crippen LogP contribution >= 0.6 is 0 Å². The maximum atomic E-state index is 12.0. The lowest BCUT2D eigenvalue weighted by atomic mass is 9.91. The van der Waals surface area contributed by atoms with Crippen LogP contribution in [-0.4, -0.2) is 38.1 Å². The lowest BCUT2D eigenvalue weighted by molar-refractivity contribution is 0.0488. The van der Waals surface area contributed by atoms with E-state index in [0.717, 1.165) is 43.6 Å². The van der Waals surface area contributed by atoms with Crippen LogP contribution in [0.25, 0.3) is 5.65 Å². The number of ether oxygens (including phenoxy) is 1. The minimum atomic E-state index is -0.464. The van der Waals surface area contributed by atoms with Crippen LogP contribution in [0.4, 0.5) is 4.79 Å². The first-order chi connectivity index (χ1) is 11.9. The number of carbonyl (C=O) groups excluding carboxylic acids is 1. The predicted molar refractivity (Wildman–Crippen MR) is 95.2 cm³/mol. The molecule has 7 nitrogen and oxygen atoms in total. The maximum Gasteiger partial charge on any atom is 0.407 e. The smallest absolute Gasteiger partial charge is 0.407 e. The molecule has 0 saturated heterocycles. The van der Waals surface area contributed by atoms with Crippen LogP contribution in [0.5, 0.6) is 0 Å². The summed E-state index contributed by atoms with van der Waals surface area (Å²) < 4.78 is 7.40. The van der Waals surface area contributed by atoms with Gasteiger partial charge in [-0.05, 0) is 46.5 Å². The SMILES string of the molecule is CC(C)(C)OC(=O)N[C@H]1CCC[C@H](NCc2cnc3cnccn23)C1. The summed E-state index contributed by atoms with van der Waals surface area (Å²) in [7, 11) is 0. The molecule has 2 aromatic heterocycles. The van der Waals surface area contributed by atoms with E-state index >= 15 is 0 Å². The van der Waals surface area contributed by atoms with Gasteiger partial charge < -0.3 is 15.4 Å². The van der Waals surface area contributed by atoms with E-state index in [1.165, 1.54) is 0 Å². The molecule has 0 spiro atoms. The first-order valence-electron chi connectivity index (χ1n) is 8.89. The zero-order valence-corrected chi connectivity index (χ0v) is 15.2. The number of carbonyl (C=O) groups is 1. The highest BCUT2D eigenvalue weighted by Crippen LogP contribution is 2.20. The molecule has 1 fully saturated rings. The molecule has 0 aromatic carbocycles. The summed E-state index contributed by atoms with van der Waals surface area (Å²) in [6.07, 6.45) is 11.1. The second kappa shape index (κ2) is 7.39. The number of imidazole rings is 1. The maximum absolute atomic E-state index is 12.0. The first kappa shape index (κ1) is 17.7. The normalized spacial score (nSPS) is 21.2. The Bertz CT molecular complexity index is 722. The Hall–Kier alpha value is -2.15. The number of hydrogen-bond donors (Lipinski definition) is 2. The van der Waals surface area contributed by atoms with Crippen LogP contribution in [0, 0.1) is 0 Å². The fourth-order valence-electron chi connectivity index (χ4n) is 3.25. The Morgan fingerprint density at radius 1 is 1.32 bits per heavy atom. The van der Waals surface area contributed by atoms with Crippen LogP contribution < -0.4 is 10.6 Å². The van der Waals surface area contributed by atoms with Crippen molar-refractivity contribution in [2.75, 3.05) is 0 Å². The van der Waals surface area contributed by atoms with Gasteiger partial charge in [-0.15, -0.1) is 0 Å². The highest BCUT2D eigenvalue weighted by molar-refractivity contribution is 5.68. The zero-order chi connectivity index (χ0) is 17.9. The van der Waals surface area contributed by atoms with Crippen molar-refractivity contribution in [2.45, 2.75) is 70.7 Å². The highest BCUT2D eigenvalue weighted by Gasteiger charge is 2.25. The predicted octanol–water partition coefficient (Wildman–Crippen LogP) is 2.65. The van der Waals surface area contributed by atoms with E-state index < -0.39 is 5.60 Å². The third kappa shape index (κ3) is 4.92. The van der Waals surface area contributed by atoms with Crippen LogP contribution in [0.1, 0.15) is 52.1 Å².